The van der Waals surface area contributed by atoms with Gasteiger partial charge in [0.2, 0.25) is 16.8 Å². The van der Waals surface area contributed by atoms with Crippen molar-refractivity contribution in [3.05, 3.63) is 18.2 Å². The third kappa shape index (κ3) is 1.84. The molecule has 0 aliphatic carbocycles. The summed E-state index contributed by atoms with van der Waals surface area (Å²) in [5.74, 6) is 1.05. The molecular formula is C11H14N2O4S. The average molecular weight is 270 g/mol. The van der Waals surface area contributed by atoms with Crippen molar-refractivity contribution >= 4 is 10.0 Å². The van der Waals surface area contributed by atoms with Crippen LogP contribution in [0.5, 0.6) is 11.5 Å². The third-order valence-corrected chi connectivity index (χ3v) is 5.03. The number of hydrogen-bond acceptors (Lipinski definition) is 5. The first kappa shape index (κ1) is 11.8. The van der Waals surface area contributed by atoms with Gasteiger partial charge in [-0.05, 0) is 18.6 Å². The van der Waals surface area contributed by atoms with E-state index < -0.39 is 10.0 Å². The molecule has 6 nitrogen and oxygen atoms in total. The van der Waals surface area contributed by atoms with E-state index in [0.29, 0.717) is 31.0 Å². The third-order valence-electron chi connectivity index (χ3n) is 3.17. The highest BCUT2D eigenvalue weighted by molar-refractivity contribution is 7.89. The topological polar surface area (TPSA) is 81.9 Å². The predicted octanol–water partition coefficient (Wildman–Crippen LogP) is 0.137. The number of nitrogens with zero attached hydrogens (tertiary/aromatic N) is 1. The summed E-state index contributed by atoms with van der Waals surface area (Å²) in [5.41, 5.74) is 5.74. The molecule has 0 radical (unpaired) electrons. The van der Waals surface area contributed by atoms with Crippen LogP contribution in [0.25, 0.3) is 0 Å². The fourth-order valence-corrected chi connectivity index (χ4v) is 3.69. The summed E-state index contributed by atoms with van der Waals surface area (Å²) in [6, 6.07) is 4.58. The van der Waals surface area contributed by atoms with Crippen molar-refractivity contribution in [2.24, 2.45) is 5.73 Å². The Morgan fingerprint density at radius 2 is 2.06 bits per heavy atom. The van der Waals surface area contributed by atoms with Gasteiger partial charge in [0.25, 0.3) is 0 Å². The monoisotopic (exact) mass is 270 g/mol. The molecule has 98 valence electrons. The molecule has 2 heterocycles. The van der Waals surface area contributed by atoms with Crippen LogP contribution in [0.3, 0.4) is 0 Å². The van der Waals surface area contributed by atoms with Crippen LogP contribution in [0, 0.1) is 0 Å². The molecule has 2 N–H and O–H groups in total. The lowest BCUT2D eigenvalue weighted by atomic mass is 10.3. The molecule has 1 saturated heterocycles. The van der Waals surface area contributed by atoms with E-state index in [9.17, 15) is 8.42 Å². The van der Waals surface area contributed by atoms with Crippen LogP contribution in [-0.4, -0.2) is 38.6 Å². The average Bonchev–Trinajstić information content (AvgIpc) is 2.96. The summed E-state index contributed by atoms with van der Waals surface area (Å²) in [5, 5.41) is 0. The van der Waals surface area contributed by atoms with E-state index in [2.05, 4.69) is 0 Å². The van der Waals surface area contributed by atoms with Crippen molar-refractivity contribution in [2.75, 3.05) is 19.9 Å². The van der Waals surface area contributed by atoms with Crippen LogP contribution in [-0.2, 0) is 10.0 Å². The fraction of sp³-hybridized carbons (Fsp3) is 0.455. The molecule has 0 spiro atoms. The second-order valence-corrected chi connectivity index (χ2v) is 6.36. The zero-order chi connectivity index (χ0) is 12.8. The van der Waals surface area contributed by atoms with E-state index in [0.717, 1.165) is 0 Å². The van der Waals surface area contributed by atoms with Crippen LogP contribution in [0.2, 0.25) is 0 Å². The van der Waals surface area contributed by atoms with E-state index in [-0.39, 0.29) is 17.7 Å². The van der Waals surface area contributed by atoms with Crippen molar-refractivity contribution in [1.29, 1.82) is 0 Å². The molecule has 3 rings (SSSR count). The molecule has 1 aromatic carbocycles. The van der Waals surface area contributed by atoms with Crippen molar-refractivity contribution in [2.45, 2.75) is 17.4 Å². The summed E-state index contributed by atoms with van der Waals surface area (Å²) in [7, 11) is -3.48. The number of sulfonamides is 1. The van der Waals surface area contributed by atoms with Gasteiger partial charge in [0.1, 0.15) is 0 Å². The second-order valence-electron chi connectivity index (χ2n) is 4.43. The summed E-state index contributed by atoms with van der Waals surface area (Å²) in [6.45, 7) is 0.974. The molecule has 0 amide bonds. The Kier molecular flexibility index (Phi) is 2.69. The van der Waals surface area contributed by atoms with Crippen LogP contribution >= 0.6 is 0 Å². The number of fused-ring (bicyclic) bond motifs is 1. The maximum Gasteiger partial charge on any atom is 0.243 e. The van der Waals surface area contributed by atoms with E-state index in [1.54, 1.807) is 6.07 Å². The van der Waals surface area contributed by atoms with Crippen molar-refractivity contribution in [3.63, 3.8) is 0 Å². The molecule has 7 heteroatoms. The summed E-state index contributed by atoms with van der Waals surface area (Å²) in [4.78, 5) is 0.223. The summed E-state index contributed by atoms with van der Waals surface area (Å²) < 4.78 is 36.5. The van der Waals surface area contributed by atoms with E-state index in [4.69, 9.17) is 15.2 Å². The highest BCUT2D eigenvalue weighted by Gasteiger charge is 2.31. The maximum absolute atomic E-state index is 12.4. The molecule has 0 unspecified atom stereocenters. The van der Waals surface area contributed by atoms with Gasteiger partial charge < -0.3 is 15.2 Å². The highest BCUT2D eigenvalue weighted by Crippen LogP contribution is 2.35. The Balaban J connectivity index is 1.94. The number of benzene rings is 1. The lowest BCUT2D eigenvalue weighted by molar-refractivity contribution is 0.174. The molecule has 1 fully saturated rings. The second kappa shape index (κ2) is 4.11. The minimum atomic E-state index is -3.48. The number of rotatable bonds is 2. The maximum atomic E-state index is 12.4. The van der Waals surface area contributed by atoms with Gasteiger partial charge in [-0.1, -0.05) is 0 Å². The minimum absolute atomic E-state index is 0.0752. The van der Waals surface area contributed by atoms with E-state index in [1.807, 2.05) is 0 Å². The lowest BCUT2D eigenvalue weighted by Crippen LogP contribution is -2.31. The van der Waals surface area contributed by atoms with Gasteiger partial charge in [-0.25, -0.2) is 8.42 Å². The standard InChI is InChI=1S/C11H14N2O4S/c12-8-3-4-13(6-8)18(14,15)9-1-2-10-11(5-9)17-7-16-10/h1-2,5,8H,3-4,6-7,12H2/t8-/m0/s1. The van der Waals surface area contributed by atoms with Gasteiger partial charge in [-0.15, -0.1) is 0 Å². The van der Waals surface area contributed by atoms with Crippen molar-refractivity contribution in [3.8, 4) is 11.5 Å². The molecule has 1 aromatic rings. The van der Waals surface area contributed by atoms with E-state index >= 15 is 0 Å². The van der Waals surface area contributed by atoms with Gasteiger partial charge in [0.05, 0.1) is 4.90 Å². The molecule has 0 bridgehead atoms. The molecule has 2 aliphatic heterocycles. The van der Waals surface area contributed by atoms with Gasteiger partial charge in [0, 0.05) is 25.2 Å². The van der Waals surface area contributed by atoms with Crippen LogP contribution in [0.4, 0.5) is 0 Å². The molecule has 2 aliphatic rings. The molecule has 18 heavy (non-hydrogen) atoms. The van der Waals surface area contributed by atoms with Crippen molar-refractivity contribution in [1.82, 2.24) is 4.31 Å². The predicted molar refractivity (Wildman–Crippen MR) is 63.9 cm³/mol. The van der Waals surface area contributed by atoms with Gasteiger partial charge in [-0.2, -0.15) is 4.31 Å². The Morgan fingerprint density at radius 3 is 2.78 bits per heavy atom. The molecule has 0 aromatic heterocycles. The van der Waals surface area contributed by atoms with Gasteiger partial charge >= 0.3 is 0 Å². The Morgan fingerprint density at radius 1 is 1.28 bits per heavy atom. The normalized spacial score (nSPS) is 23.5. The Bertz CT molecular complexity index is 572. The van der Waals surface area contributed by atoms with Crippen LogP contribution in [0.15, 0.2) is 23.1 Å². The first-order chi connectivity index (χ1) is 8.57. The Labute approximate surface area is 105 Å². The number of nitrogens with two attached hydrogens (primary N) is 1. The number of hydrogen-bond donors (Lipinski definition) is 1. The van der Waals surface area contributed by atoms with E-state index in [1.165, 1.54) is 16.4 Å². The smallest absolute Gasteiger partial charge is 0.243 e. The zero-order valence-corrected chi connectivity index (χ0v) is 10.5. The summed E-state index contributed by atoms with van der Waals surface area (Å²) in [6.07, 6.45) is 0.698. The SMILES string of the molecule is N[C@H]1CCN(S(=O)(=O)c2ccc3c(c2)OCO3)C1. The highest BCUT2D eigenvalue weighted by atomic mass is 32.2. The lowest BCUT2D eigenvalue weighted by Gasteiger charge is -2.16. The van der Waals surface area contributed by atoms with Crippen LogP contribution in [0.1, 0.15) is 6.42 Å². The van der Waals surface area contributed by atoms with Crippen molar-refractivity contribution < 1.29 is 17.9 Å². The first-order valence-corrected chi connectivity index (χ1v) is 7.17. The summed E-state index contributed by atoms with van der Waals surface area (Å²) >= 11 is 0. The minimum Gasteiger partial charge on any atom is -0.454 e. The largest absolute Gasteiger partial charge is 0.454 e. The first-order valence-electron chi connectivity index (χ1n) is 5.73. The van der Waals surface area contributed by atoms with Gasteiger partial charge in [-0.3, -0.25) is 0 Å². The van der Waals surface area contributed by atoms with Gasteiger partial charge in [0.15, 0.2) is 11.5 Å². The molecule has 1 atom stereocenters. The quantitative estimate of drug-likeness (QED) is 0.826. The number of ether oxygens (including phenoxy) is 2. The fourth-order valence-electron chi connectivity index (χ4n) is 2.16. The molecule has 0 saturated carbocycles. The Hall–Kier alpha value is -1.31. The molecular weight excluding hydrogens is 256 g/mol. The zero-order valence-electron chi connectivity index (χ0n) is 9.70. The van der Waals surface area contributed by atoms with Crippen LogP contribution < -0.4 is 15.2 Å².